The highest BCUT2D eigenvalue weighted by Gasteiger charge is 2.13. The molecule has 1 N–H and O–H groups in total. The summed E-state index contributed by atoms with van der Waals surface area (Å²) in [6.07, 6.45) is 0. The number of hydrogen-bond acceptors (Lipinski definition) is 4. The fourth-order valence-corrected chi connectivity index (χ4v) is 2.59. The van der Waals surface area contributed by atoms with Gasteiger partial charge >= 0.3 is 0 Å². The number of ether oxygens (including phenoxy) is 3. The number of carbonyl (C=O) groups excluding carboxylic acids is 1. The van der Waals surface area contributed by atoms with Crippen molar-refractivity contribution in [1.82, 2.24) is 0 Å². The van der Waals surface area contributed by atoms with Gasteiger partial charge in [0, 0.05) is 23.9 Å². The maximum atomic E-state index is 12.8. The predicted octanol–water partition coefficient (Wildman–Crippen LogP) is 4.54. The molecule has 0 spiro atoms. The minimum atomic E-state index is -0.269. The van der Waals surface area contributed by atoms with E-state index in [0.717, 1.165) is 5.56 Å². The molecule has 0 saturated carbocycles. The van der Waals surface area contributed by atoms with Gasteiger partial charge in [0.15, 0.2) is 0 Å². The van der Waals surface area contributed by atoms with E-state index < -0.39 is 0 Å². The summed E-state index contributed by atoms with van der Waals surface area (Å²) in [5.74, 6) is 1.44. The lowest BCUT2D eigenvalue weighted by atomic mass is 10.1. The zero-order valence-corrected chi connectivity index (χ0v) is 15.3. The molecular weight excluding hydrogens is 342 g/mol. The zero-order chi connectivity index (χ0) is 19.1. The van der Waals surface area contributed by atoms with Crippen LogP contribution in [-0.4, -0.2) is 20.1 Å². The molecule has 3 rings (SSSR count). The van der Waals surface area contributed by atoms with Crippen molar-refractivity contribution in [2.75, 3.05) is 19.5 Å². The Morgan fingerprint density at radius 3 is 2.15 bits per heavy atom. The van der Waals surface area contributed by atoms with Crippen molar-refractivity contribution in [3.63, 3.8) is 0 Å². The first kappa shape index (κ1) is 18.3. The number of carbonyl (C=O) groups is 1. The summed E-state index contributed by atoms with van der Waals surface area (Å²) in [6, 6.07) is 22.2. The van der Waals surface area contributed by atoms with Crippen LogP contribution in [0.2, 0.25) is 0 Å². The Hall–Kier alpha value is -3.47. The lowest BCUT2D eigenvalue weighted by molar-refractivity contribution is 0.102. The normalized spacial score (nSPS) is 10.1. The number of methoxy groups -OCH3 is 2. The fraction of sp³-hybridized carbons (Fsp3) is 0.136. The van der Waals surface area contributed by atoms with E-state index in [2.05, 4.69) is 5.32 Å². The second-order valence-electron chi connectivity index (χ2n) is 5.83. The number of hydrogen-bond donors (Lipinski definition) is 1. The molecule has 0 aliphatic heterocycles. The number of para-hydroxylation sites is 1. The molecule has 1 amide bonds. The van der Waals surface area contributed by atoms with Crippen LogP contribution >= 0.6 is 0 Å². The van der Waals surface area contributed by atoms with Crippen LogP contribution < -0.4 is 19.5 Å². The van der Waals surface area contributed by atoms with E-state index in [9.17, 15) is 4.79 Å². The lowest BCUT2D eigenvalue weighted by Gasteiger charge is -2.13. The maximum absolute atomic E-state index is 12.8. The molecule has 0 fully saturated rings. The van der Waals surface area contributed by atoms with E-state index in [1.807, 2.05) is 36.4 Å². The topological polar surface area (TPSA) is 56.8 Å². The first-order valence-electron chi connectivity index (χ1n) is 8.50. The van der Waals surface area contributed by atoms with Crippen molar-refractivity contribution in [1.29, 1.82) is 0 Å². The molecule has 0 aliphatic carbocycles. The summed E-state index contributed by atoms with van der Waals surface area (Å²) in [7, 11) is 3.13. The van der Waals surface area contributed by atoms with Gasteiger partial charge in [-0.1, -0.05) is 42.5 Å². The van der Waals surface area contributed by atoms with E-state index in [1.165, 1.54) is 0 Å². The maximum Gasteiger partial charge on any atom is 0.259 e. The highest BCUT2D eigenvalue weighted by molar-refractivity contribution is 6.06. The second kappa shape index (κ2) is 8.76. The molecule has 0 atom stereocenters. The van der Waals surface area contributed by atoms with E-state index in [0.29, 0.717) is 35.1 Å². The van der Waals surface area contributed by atoms with E-state index >= 15 is 0 Å². The molecule has 3 aromatic carbocycles. The summed E-state index contributed by atoms with van der Waals surface area (Å²) in [6.45, 7) is 0.387. The monoisotopic (exact) mass is 363 g/mol. The Labute approximate surface area is 158 Å². The second-order valence-corrected chi connectivity index (χ2v) is 5.83. The number of nitrogens with one attached hydrogen (secondary N) is 1. The predicted molar refractivity (Wildman–Crippen MR) is 105 cm³/mol. The van der Waals surface area contributed by atoms with E-state index in [1.54, 1.807) is 50.6 Å². The summed E-state index contributed by atoms with van der Waals surface area (Å²) in [4.78, 5) is 12.8. The zero-order valence-electron chi connectivity index (χ0n) is 15.3. The van der Waals surface area contributed by atoms with Crippen molar-refractivity contribution in [2.24, 2.45) is 0 Å². The van der Waals surface area contributed by atoms with Gasteiger partial charge in [0.05, 0.1) is 19.8 Å². The van der Waals surface area contributed by atoms with Gasteiger partial charge in [-0.3, -0.25) is 4.79 Å². The van der Waals surface area contributed by atoms with Crippen LogP contribution in [0.3, 0.4) is 0 Å². The number of amides is 1. The largest absolute Gasteiger partial charge is 0.497 e. The quantitative estimate of drug-likeness (QED) is 0.670. The highest BCUT2D eigenvalue weighted by Crippen LogP contribution is 2.27. The van der Waals surface area contributed by atoms with Crippen molar-refractivity contribution < 1.29 is 19.0 Å². The third-order valence-electron chi connectivity index (χ3n) is 3.98. The van der Waals surface area contributed by atoms with Gasteiger partial charge in [0.1, 0.15) is 23.9 Å². The van der Waals surface area contributed by atoms with Crippen LogP contribution in [0.1, 0.15) is 15.9 Å². The van der Waals surface area contributed by atoms with Gasteiger partial charge in [-0.25, -0.2) is 0 Å². The van der Waals surface area contributed by atoms with Gasteiger partial charge in [-0.2, -0.15) is 0 Å². The van der Waals surface area contributed by atoms with Crippen LogP contribution in [0, 0.1) is 0 Å². The molecule has 0 aromatic heterocycles. The smallest absolute Gasteiger partial charge is 0.259 e. The summed E-state index contributed by atoms with van der Waals surface area (Å²) < 4.78 is 16.3. The average Bonchev–Trinajstić information content (AvgIpc) is 2.72. The van der Waals surface area contributed by atoms with Crippen LogP contribution in [0.4, 0.5) is 5.69 Å². The molecule has 0 bridgehead atoms. The highest BCUT2D eigenvalue weighted by atomic mass is 16.5. The van der Waals surface area contributed by atoms with Gasteiger partial charge in [0.25, 0.3) is 5.91 Å². The lowest BCUT2D eigenvalue weighted by Crippen LogP contribution is -2.13. The van der Waals surface area contributed by atoms with Crippen LogP contribution in [0.25, 0.3) is 0 Å². The van der Waals surface area contributed by atoms with Gasteiger partial charge < -0.3 is 19.5 Å². The third-order valence-corrected chi connectivity index (χ3v) is 3.98. The number of benzene rings is 3. The van der Waals surface area contributed by atoms with Gasteiger partial charge in [-0.05, 0) is 17.7 Å². The molecule has 27 heavy (non-hydrogen) atoms. The molecule has 0 saturated heterocycles. The Morgan fingerprint density at radius 2 is 1.48 bits per heavy atom. The molecule has 138 valence electrons. The summed E-state index contributed by atoms with van der Waals surface area (Å²) in [5, 5.41) is 2.87. The minimum Gasteiger partial charge on any atom is -0.497 e. The molecule has 0 aliphatic rings. The average molecular weight is 363 g/mol. The molecular formula is C22H21NO4. The number of rotatable bonds is 7. The minimum absolute atomic E-state index is 0.269. The Bertz CT molecular complexity index is 887. The summed E-state index contributed by atoms with van der Waals surface area (Å²) in [5.41, 5.74) is 2.06. The molecule has 5 nitrogen and oxygen atoms in total. The van der Waals surface area contributed by atoms with Gasteiger partial charge in [0.2, 0.25) is 0 Å². The van der Waals surface area contributed by atoms with Crippen LogP contribution in [0.15, 0.2) is 72.8 Å². The van der Waals surface area contributed by atoms with Crippen molar-refractivity contribution in [3.05, 3.63) is 83.9 Å². The van der Waals surface area contributed by atoms with Crippen molar-refractivity contribution in [2.45, 2.75) is 6.61 Å². The SMILES string of the molecule is COc1cc(NC(=O)c2ccccc2OCc2ccccc2)cc(OC)c1. The first-order chi connectivity index (χ1) is 13.2. The molecule has 0 radical (unpaired) electrons. The standard InChI is InChI=1S/C22H21NO4/c1-25-18-12-17(13-19(14-18)26-2)23-22(24)20-10-6-7-11-21(20)27-15-16-8-4-3-5-9-16/h3-14H,15H2,1-2H3,(H,23,24). The van der Waals surface area contributed by atoms with Crippen molar-refractivity contribution in [3.8, 4) is 17.2 Å². The van der Waals surface area contributed by atoms with E-state index in [4.69, 9.17) is 14.2 Å². The Morgan fingerprint density at radius 1 is 0.852 bits per heavy atom. The summed E-state index contributed by atoms with van der Waals surface area (Å²) >= 11 is 0. The van der Waals surface area contributed by atoms with Gasteiger partial charge in [-0.15, -0.1) is 0 Å². The number of anilines is 1. The van der Waals surface area contributed by atoms with Crippen molar-refractivity contribution >= 4 is 11.6 Å². The van der Waals surface area contributed by atoms with Crippen LogP contribution in [0.5, 0.6) is 17.2 Å². The third kappa shape index (κ3) is 4.79. The first-order valence-corrected chi connectivity index (χ1v) is 8.50. The Kier molecular flexibility index (Phi) is 5.94. The Balaban J connectivity index is 1.77. The molecule has 3 aromatic rings. The van der Waals surface area contributed by atoms with E-state index in [-0.39, 0.29) is 5.91 Å². The van der Waals surface area contributed by atoms with Crippen LogP contribution in [-0.2, 0) is 6.61 Å². The molecule has 0 unspecified atom stereocenters. The fourth-order valence-electron chi connectivity index (χ4n) is 2.59. The molecule has 5 heteroatoms. The molecule has 0 heterocycles.